The van der Waals surface area contributed by atoms with Crippen molar-refractivity contribution in [3.8, 4) is 0 Å². The minimum Gasteiger partial charge on any atom is -0.619 e. The van der Waals surface area contributed by atoms with Crippen LogP contribution in [-0.4, -0.2) is 47.5 Å². The Morgan fingerprint density at radius 1 is 1.14 bits per heavy atom. The minimum absolute atomic E-state index is 0.187. The summed E-state index contributed by atoms with van der Waals surface area (Å²) in [6.07, 6.45) is 9.67. The SMILES string of the molecule is Cc1ccc(N(Cc2cnccc2C)C2CCN(C(C)CCNC(=O)c3c[n+]([O-])ccc3C)CC2)cc1. The third kappa shape index (κ3) is 6.86. The van der Waals surface area contributed by atoms with E-state index in [-0.39, 0.29) is 5.91 Å². The topological polar surface area (TPSA) is 75.4 Å². The molecule has 1 amide bonds. The molecule has 2 aromatic heterocycles. The fourth-order valence-corrected chi connectivity index (χ4v) is 5.11. The first-order valence-electron chi connectivity index (χ1n) is 13.3. The van der Waals surface area contributed by atoms with E-state index in [0.717, 1.165) is 44.5 Å². The first-order valence-corrected chi connectivity index (χ1v) is 13.3. The van der Waals surface area contributed by atoms with Crippen LogP contribution in [0.2, 0.25) is 0 Å². The molecule has 1 fully saturated rings. The van der Waals surface area contributed by atoms with Crippen molar-refractivity contribution < 1.29 is 9.52 Å². The number of anilines is 1. The highest BCUT2D eigenvalue weighted by Gasteiger charge is 2.27. The Morgan fingerprint density at radius 3 is 2.57 bits per heavy atom. The molecule has 0 bridgehead atoms. The first kappa shape index (κ1) is 26.6. The van der Waals surface area contributed by atoms with Gasteiger partial charge in [-0.3, -0.25) is 9.78 Å². The van der Waals surface area contributed by atoms with Crippen molar-refractivity contribution in [2.24, 2.45) is 0 Å². The zero-order chi connectivity index (χ0) is 26.4. The van der Waals surface area contributed by atoms with E-state index in [1.54, 1.807) is 6.07 Å². The van der Waals surface area contributed by atoms with Gasteiger partial charge in [-0.05, 0) is 81.8 Å². The Kier molecular flexibility index (Phi) is 8.77. The van der Waals surface area contributed by atoms with Crippen molar-refractivity contribution in [1.82, 2.24) is 15.2 Å². The molecule has 3 heterocycles. The molecule has 7 heteroatoms. The average molecular weight is 502 g/mol. The minimum atomic E-state index is -0.187. The summed E-state index contributed by atoms with van der Waals surface area (Å²) < 4.78 is 0.671. The van der Waals surface area contributed by atoms with Crippen LogP contribution in [0.1, 0.15) is 58.8 Å². The van der Waals surface area contributed by atoms with Gasteiger partial charge >= 0.3 is 0 Å². The summed E-state index contributed by atoms with van der Waals surface area (Å²) in [5.41, 5.74) is 6.32. The van der Waals surface area contributed by atoms with E-state index < -0.39 is 0 Å². The summed E-state index contributed by atoms with van der Waals surface area (Å²) in [7, 11) is 0. The molecule has 1 saturated heterocycles. The summed E-state index contributed by atoms with van der Waals surface area (Å²) >= 11 is 0. The fourth-order valence-electron chi connectivity index (χ4n) is 5.11. The van der Waals surface area contributed by atoms with Gasteiger partial charge in [0.2, 0.25) is 0 Å². The number of nitrogens with zero attached hydrogens (tertiary/aromatic N) is 4. The number of aromatic nitrogens is 2. The standard InChI is InChI=1S/C30H39N5O2/c1-22-5-7-27(8-6-22)35(20-26-19-31-14-9-23(26)2)28-12-16-33(17-13-28)25(4)10-15-32-30(36)29-21-34(37)18-11-24(29)3/h5-9,11,14,18-19,21,25,28H,10,12-13,15-17,20H2,1-4H3,(H,32,36). The predicted molar refractivity (Wildman–Crippen MR) is 147 cm³/mol. The molecule has 196 valence electrons. The van der Waals surface area contributed by atoms with E-state index in [4.69, 9.17) is 0 Å². The molecule has 4 rings (SSSR count). The monoisotopic (exact) mass is 501 g/mol. The van der Waals surface area contributed by atoms with Crippen LogP contribution >= 0.6 is 0 Å². The second kappa shape index (κ2) is 12.2. The average Bonchev–Trinajstić information content (AvgIpc) is 2.90. The lowest BCUT2D eigenvalue weighted by molar-refractivity contribution is -0.605. The highest BCUT2D eigenvalue weighted by Crippen LogP contribution is 2.28. The van der Waals surface area contributed by atoms with E-state index in [1.165, 1.54) is 34.8 Å². The number of aryl methyl sites for hydroxylation is 3. The Balaban J connectivity index is 1.33. The second-order valence-corrected chi connectivity index (χ2v) is 10.3. The first-order chi connectivity index (χ1) is 17.8. The molecule has 1 aliphatic heterocycles. The Morgan fingerprint density at radius 2 is 1.86 bits per heavy atom. The van der Waals surface area contributed by atoms with E-state index in [0.29, 0.717) is 28.9 Å². The van der Waals surface area contributed by atoms with Crippen molar-refractivity contribution in [1.29, 1.82) is 0 Å². The van der Waals surface area contributed by atoms with Crippen LogP contribution in [0.5, 0.6) is 0 Å². The molecule has 1 atom stereocenters. The Bertz CT molecular complexity index is 1190. The molecule has 0 saturated carbocycles. The molecular formula is C30H39N5O2. The van der Waals surface area contributed by atoms with Gasteiger partial charge < -0.3 is 20.3 Å². The van der Waals surface area contributed by atoms with Crippen molar-refractivity contribution in [3.63, 3.8) is 0 Å². The van der Waals surface area contributed by atoms with Crippen molar-refractivity contribution >= 4 is 11.6 Å². The van der Waals surface area contributed by atoms with E-state index in [1.807, 2.05) is 19.3 Å². The van der Waals surface area contributed by atoms with Gasteiger partial charge in [0, 0.05) is 62.4 Å². The lowest BCUT2D eigenvalue weighted by atomic mass is 9.98. The van der Waals surface area contributed by atoms with E-state index in [9.17, 15) is 10.0 Å². The number of hydrogen-bond acceptors (Lipinski definition) is 5. The van der Waals surface area contributed by atoms with Crippen LogP contribution in [-0.2, 0) is 6.54 Å². The predicted octanol–water partition coefficient (Wildman–Crippen LogP) is 4.32. The zero-order valence-corrected chi connectivity index (χ0v) is 22.5. The van der Waals surface area contributed by atoms with Gasteiger partial charge in [-0.1, -0.05) is 17.7 Å². The molecule has 1 N–H and O–H groups in total. The number of hydrogen-bond donors (Lipinski definition) is 1. The van der Waals surface area contributed by atoms with Gasteiger partial charge in [-0.15, -0.1) is 0 Å². The van der Waals surface area contributed by atoms with Gasteiger partial charge in [-0.25, -0.2) is 0 Å². The highest BCUT2D eigenvalue weighted by atomic mass is 16.5. The highest BCUT2D eigenvalue weighted by molar-refractivity contribution is 5.94. The Labute approximate surface area is 220 Å². The number of nitrogens with one attached hydrogen (secondary N) is 1. The normalized spacial score (nSPS) is 15.4. The summed E-state index contributed by atoms with van der Waals surface area (Å²) in [6, 6.07) is 13.5. The number of piperidine rings is 1. The quantitative estimate of drug-likeness (QED) is 0.349. The number of pyridine rings is 2. The molecule has 0 spiro atoms. The maximum absolute atomic E-state index is 12.5. The van der Waals surface area contributed by atoms with Gasteiger partial charge in [-0.2, -0.15) is 4.73 Å². The maximum Gasteiger partial charge on any atom is 0.257 e. The molecular weight excluding hydrogens is 462 g/mol. The molecule has 3 aromatic rings. The maximum atomic E-state index is 12.5. The molecule has 1 aliphatic rings. The van der Waals surface area contributed by atoms with Crippen LogP contribution in [0, 0.1) is 26.0 Å². The van der Waals surface area contributed by atoms with Gasteiger partial charge in [0.1, 0.15) is 5.56 Å². The van der Waals surface area contributed by atoms with Gasteiger partial charge in [0.05, 0.1) is 0 Å². The molecule has 37 heavy (non-hydrogen) atoms. The van der Waals surface area contributed by atoms with E-state index in [2.05, 4.69) is 71.2 Å². The molecule has 0 radical (unpaired) electrons. The lowest BCUT2D eigenvalue weighted by Gasteiger charge is -2.42. The molecule has 1 unspecified atom stereocenters. The van der Waals surface area contributed by atoms with Crippen LogP contribution in [0.25, 0.3) is 0 Å². The summed E-state index contributed by atoms with van der Waals surface area (Å²) in [6.45, 7) is 11.9. The fraction of sp³-hybridized carbons (Fsp3) is 0.433. The van der Waals surface area contributed by atoms with Gasteiger partial charge in [0.25, 0.3) is 5.91 Å². The van der Waals surface area contributed by atoms with Crippen LogP contribution in [0.15, 0.2) is 61.2 Å². The third-order valence-corrected chi connectivity index (χ3v) is 7.66. The van der Waals surface area contributed by atoms with Crippen molar-refractivity contribution in [3.05, 3.63) is 94.2 Å². The van der Waals surface area contributed by atoms with Crippen LogP contribution < -0.4 is 14.9 Å². The molecule has 7 nitrogen and oxygen atoms in total. The Hall–Kier alpha value is -3.45. The zero-order valence-electron chi connectivity index (χ0n) is 22.5. The largest absolute Gasteiger partial charge is 0.619 e. The van der Waals surface area contributed by atoms with E-state index >= 15 is 0 Å². The van der Waals surface area contributed by atoms with Crippen molar-refractivity contribution in [2.45, 2.75) is 65.6 Å². The molecule has 1 aromatic carbocycles. The summed E-state index contributed by atoms with van der Waals surface area (Å²) in [4.78, 5) is 22.0. The third-order valence-electron chi connectivity index (χ3n) is 7.66. The number of amides is 1. The smallest absolute Gasteiger partial charge is 0.257 e. The summed E-state index contributed by atoms with van der Waals surface area (Å²) in [5, 5.41) is 14.5. The molecule has 0 aliphatic carbocycles. The number of likely N-dealkylation sites (tertiary alicyclic amines) is 1. The van der Waals surface area contributed by atoms with Gasteiger partial charge in [0.15, 0.2) is 12.4 Å². The van der Waals surface area contributed by atoms with Crippen LogP contribution in [0.4, 0.5) is 5.69 Å². The number of benzene rings is 1. The second-order valence-electron chi connectivity index (χ2n) is 10.3. The lowest BCUT2D eigenvalue weighted by Crippen LogP contribution is -2.48. The van der Waals surface area contributed by atoms with Crippen molar-refractivity contribution in [2.75, 3.05) is 24.5 Å². The number of carbonyl (C=O) groups is 1. The summed E-state index contributed by atoms with van der Waals surface area (Å²) in [5.74, 6) is -0.187. The number of carbonyl (C=O) groups excluding carboxylic acids is 1. The van der Waals surface area contributed by atoms with Crippen LogP contribution in [0.3, 0.4) is 0 Å². The number of rotatable bonds is 9.